The number of aromatic nitrogens is 3. The van der Waals surface area contributed by atoms with Crippen LogP contribution in [-0.4, -0.2) is 34.3 Å². The summed E-state index contributed by atoms with van der Waals surface area (Å²) in [5, 5.41) is 3.39. The van der Waals surface area contributed by atoms with Gasteiger partial charge in [0.05, 0.1) is 11.8 Å². The van der Waals surface area contributed by atoms with Gasteiger partial charge in [0.25, 0.3) is 0 Å². The topological polar surface area (TPSA) is 52.0 Å². The van der Waals surface area contributed by atoms with Crippen LogP contribution in [0, 0.1) is 5.92 Å². The van der Waals surface area contributed by atoms with E-state index >= 15 is 0 Å². The van der Waals surface area contributed by atoms with Gasteiger partial charge in [-0.3, -0.25) is 0 Å². The van der Waals surface area contributed by atoms with E-state index in [0.717, 1.165) is 43.0 Å². The number of ether oxygens (including phenoxy) is 1. The Bertz CT molecular complexity index is 531. The Morgan fingerprint density at radius 1 is 1.50 bits per heavy atom. The average molecular weight is 246 g/mol. The molecule has 1 aliphatic rings. The van der Waals surface area contributed by atoms with Crippen molar-refractivity contribution in [3.8, 4) is 0 Å². The van der Waals surface area contributed by atoms with Gasteiger partial charge >= 0.3 is 0 Å². The number of hydrogen-bond acceptors (Lipinski definition) is 4. The monoisotopic (exact) mass is 246 g/mol. The molecule has 1 fully saturated rings. The van der Waals surface area contributed by atoms with Crippen molar-refractivity contribution < 1.29 is 4.74 Å². The number of hydrogen-bond donors (Lipinski definition) is 1. The van der Waals surface area contributed by atoms with Crippen LogP contribution in [0.2, 0.25) is 0 Å². The van der Waals surface area contributed by atoms with Crippen molar-refractivity contribution in [3.63, 3.8) is 0 Å². The molecule has 2 aromatic heterocycles. The molecule has 0 amide bonds. The predicted molar refractivity (Wildman–Crippen MR) is 70.5 cm³/mol. The molecule has 0 aromatic carbocycles. The Morgan fingerprint density at radius 3 is 3.28 bits per heavy atom. The predicted octanol–water partition coefficient (Wildman–Crippen LogP) is 1.81. The van der Waals surface area contributed by atoms with E-state index in [1.54, 1.807) is 0 Å². The van der Waals surface area contributed by atoms with Gasteiger partial charge in [-0.15, -0.1) is 0 Å². The third kappa shape index (κ3) is 2.18. The molecule has 0 saturated carbocycles. The molecule has 1 N–H and O–H groups in total. The van der Waals surface area contributed by atoms with Crippen molar-refractivity contribution in [2.24, 2.45) is 13.0 Å². The maximum absolute atomic E-state index is 5.37. The SMILES string of the molecule is Cn1cnc2c(NCCC3CCOC3)nccc21. The molecule has 3 heterocycles. The molecule has 0 radical (unpaired) electrons. The van der Waals surface area contributed by atoms with Gasteiger partial charge in [-0.25, -0.2) is 9.97 Å². The summed E-state index contributed by atoms with van der Waals surface area (Å²) < 4.78 is 7.38. The normalized spacial score (nSPS) is 19.5. The summed E-state index contributed by atoms with van der Waals surface area (Å²) in [6, 6.07) is 1.98. The zero-order valence-corrected chi connectivity index (χ0v) is 10.6. The van der Waals surface area contributed by atoms with Crippen molar-refractivity contribution in [2.75, 3.05) is 25.1 Å². The van der Waals surface area contributed by atoms with Crippen molar-refractivity contribution in [3.05, 3.63) is 18.6 Å². The fraction of sp³-hybridized carbons (Fsp3) is 0.538. The molecule has 1 unspecified atom stereocenters. The molecule has 18 heavy (non-hydrogen) atoms. The Hall–Kier alpha value is -1.62. The summed E-state index contributed by atoms with van der Waals surface area (Å²) in [6.07, 6.45) is 5.96. The summed E-state index contributed by atoms with van der Waals surface area (Å²) in [5.74, 6) is 1.58. The molecular weight excluding hydrogens is 228 g/mol. The molecule has 1 aliphatic heterocycles. The molecule has 1 saturated heterocycles. The summed E-state index contributed by atoms with van der Waals surface area (Å²) in [4.78, 5) is 8.75. The summed E-state index contributed by atoms with van der Waals surface area (Å²) in [6.45, 7) is 2.75. The number of aryl methyl sites for hydroxylation is 1. The van der Waals surface area contributed by atoms with Gasteiger partial charge < -0.3 is 14.6 Å². The van der Waals surface area contributed by atoms with Gasteiger partial charge in [0.15, 0.2) is 5.82 Å². The lowest BCUT2D eigenvalue weighted by molar-refractivity contribution is 0.185. The standard InChI is InChI=1S/C13H18N4O/c1-17-9-16-12-11(17)3-6-15-13(12)14-5-2-10-4-7-18-8-10/h3,6,9-10H,2,4-5,7-8H2,1H3,(H,14,15). The van der Waals surface area contributed by atoms with Gasteiger partial charge in [0.1, 0.15) is 5.52 Å². The van der Waals surface area contributed by atoms with E-state index in [-0.39, 0.29) is 0 Å². The molecule has 0 spiro atoms. The fourth-order valence-electron chi connectivity index (χ4n) is 2.40. The highest BCUT2D eigenvalue weighted by molar-refractivity contribution is 5.85. The highest BCUT2D eigenvalue weighted by Gasteiger charge is 2.15. The summed E-state index contributed by atoms with van der Waals surface area (Å²) in [7, 11) is 2.00. The Morgan fingerprint density at radius 2 is 2.44 bits per heavy atom. The molecule has 96 valence electrons. The van der Waals surface area contributed by atoms with Crippen LogP contribution in [0.3, 0.4) is 0 Å². The van der Waals surface area contributed by atoms with Crippen LogP contribution in [0.25, 0.3) is 11.0 Å². The second-order valence-corrected chi connectivity index (χ2v) is 4.83. The summed E-state index contributed by atoms with van der Waals surface area (Å²) in [5.41, 5.74) is 2.05. The van der Waals surface area contributed by atoms with E-state index in [2.05, 4.69) is 15.3 Å². The number of fused-ring (bicyclic) bond motifs is 1. The number of nitrogens with zero attached hydrogens (tertiary/aromatic N) is 3. The number of pyridine rings is 1. The van der Waals surface area contributed by atoms with Crippen molar-refractivity contribution >= 4 is 16.9 Å². The minimum atomic E-state index is 0.695. The highest BCUT2D eigenvalue weighted by Crippen LogP contribution is 2.20. The lowest BCUT2D eigenvalue weighted by Gasteiger charge is -2.09. The Labute approximate surface area is 106 Å². The van der Waals surface area contributed by atoms with Crippen LogP contribution >= 0.6 is 0 Å². The van der Waals surface area contributed by atoms with Crippen LogP contribution < -0.4 is 5.32 Å². The molecule has 2 aromatic rings. The van der Waals surface area contributed by atoms with Crippen LogP contribution in [0.1, 0.15) is 12.8 Å². The highest BCUT2D eigenvalue weighted by atomic mass is 16.5. The van der Waals surface area contributed by atoms with Crippen LogP contribution in [0.4, 0.5) is 5.82 Å². The van der Waals surface area contributed by atoms with E-state index in [1.165, 1.54) is 6.42 Å². The third-order valence-electron chi connectivity index (χ3n) is 3.51. The minimum Gasteiger partial charge on any atom is -0.381 e. The Balaban J connectivity index is 1.66. The molecule has 0 bridgehead atoms. The maximum Gasteiger partial charge on any atom is 0.154 e. The van der Waals surface area contributed by atoms with E-state index in [4.69, 9.17) is 4.74 Å². The summed E-state index contributed by atoms with van der Waals surface area (Å²) >= 11 is 0. The van der Waals surface area contributed by atoms with Crippen LogP contribution in [0.5, 0.6) is 0 Å². The molecule has 5 nitrogen and oxygen atoms in total. The molecule has 3 rings (SSSR count). The third-order valence-corrected chi connectivity index (χ3v) is 3.51. The zero-order valence-electron chi connectivity index (χ0n) is 10.6. The lowest BCUT2D eigenvalue weighted by Crippen LogP contribution is -2.10. The van der Waals surface area contributed by atoms with Crippen LogP contribution in [-0.2, 0) is 11.8 Å². The van der Waals surface area contributed by atoms with Gasteiger partial charge in [-0.05, 0) is 24.8 Å². The van der Waals surface area contributed by atoms with E-state index in [1.807, 2.05) is 30.2 Å². The van der Waals surface area contributed by atoms with Crippen molar-refractivity contribution in [2.45, 2.75) is 12.8 Å². The minimum absolute atomic E-state index is 0.695. The molecule has 5 heteroatoms. The number of nitrogens with one attached hydrogen (secondary N) is 1. The quantitative estimate of drug-likeness (QED) is 0.894. The smallest absolute Gasteiger partial charge is 0.154 e. The average Bonchev–Trinajstić information content (AvgIpc) is 3.01. The first-order chi connectivity index (χ1) is 8.84. The lowest BCUT2D eigenvalue weighted by atomic mass is 10.1. The van der Waals surface area contributed by atoms with E-state index in [9.17, 15) is 0 Å². The second kappa shape index (κ2) is 4.94. The largest absolute Gasteiger partial charge is 0.381 e. The van der Waals surface area contributed by atoms with Gasteiger partial charge in [0.2, 0.25) is 0 Å². The first-order valence-corrected chi connectivity index (χ1v) is 6.42. The van der Waals surface area contributed by atoms with Crippen molar-refractivity contribution in [1.82, 2.24) is 14.5 Å². The second-order valence-electron chi connectivity index (χ2n) is 4.83. The number of anilines is 1. The van der Waals surface area contributed by atoms with Gasteiger partial charge in [0, 0.05) is 33.0 Å². The first-order valence-electron chi connectivity index (χ1n) is 6.42. The fourth-order valence-corrected chi connectivity index (χ4v) is 2.40. The molecule has 1 atom stereocenters. The van der Waals surface area contributed by atoms with Crippen molar-refractivity contribution in [1.29, 1.82) is 0 Å². The number of rotatable bonds is 4. The van der Waals surface area contributed by atoms with E-state index in [0.29, 0.717) is 5.92 Å². The van der Waals surface area contributed by atoms with Crippen LogP contribution in [0.15, 0.2) is 18.6 Å². The maximum atomic E-state index is 5.37. The van der Waals surface area contributed by atoms with E-state index < -0.39 is 0 Å². The number of imidazole rings is 1. The van der Waals surface area contributed by atoms with Gasteiger partial charge in [-0.1, -0.05) is 0 Å². The van der Waals surface area contributed by atoms with Gasteiger partial charge in [-0.2, -0.15) is 0 Å². The zero-order chi connectivity index (χ0) is 12.4. The first kappa shape index (κ1) is 11.5. The molecular formula is C13H18N4O. The molecule has 0 aliphatic carbocycles. The Kier molecular flexibility index (Phi) is 3.15.